The molecular weight excluding hydrogens is 414 g/mol. The molecule has 0 radical (unpaired) electrons. The molecule has 0 aliphatic carbocycles. The van der Waals surface area contributed by atoms with Gasteiger partial charge in [-0.2, -0.15) is 0 Å². The lowest BCUT2D eigenvalue weighted by Gasteiger charge is -2.34. The van der Waals surface area contributed by atoms with Crippen molar-refractivity contribution >= 4 is 33.6 Å². The molecule has 3 aliphatic rings. The Labute approximate surface area is 166 Å². The first-order valence-electron chi connectivity index (χ1n) is 9.18. The molecule has 2 atom stereocenters. The number of halogens is 1. The number of aliphatic imine (C=N–C) groups is 1. The Hall–Kier alpha value is -1.93. The van der Waals surface area contributed by atoms with E-state index in [2.05, 4.69) is 21.2 Å². The van der Waals surface area contributed by atoms with Crippen molar-refractivity contribution < 1.29 is 19.1 Å². The van der Waals surface area contributed by atoms with Gasteiger partial charge in [0.2, 0.25) is 12.0 Å². The first kappa shape index (κ1) is 18.4. The standard InChI is InChI=1S/C19H22BrN3O4/c1-26-9-6-15(24)23-7-4-11(5-8-23)18-21-16-13-10-12(20)2-3-14(13)27-17(16)19(25)22-18/h2-3,10-11,16-17H,4-9H2,1H3,(H,21,22,25). The number of likely N-dealkylation sites (tertiary alicyclic amines) is 1. The van der Waals surface area contributed by atoms with Gasteiger partial charge in [0.15, 0.2) is 0 Å². The summed E-state index contributed by atoms with van der Waals surface area (Å²) in [5, 5.41) is 2.94. The molecule has 1 saturated heterocycles. The van der Waals surface area contributed by atoms with Crippen LogP contribution in [0, 0.1) is 5.92 Å². The van der Waals surface area contributed by atoms with Crippen LogP contribution in [0.4, 0.5) is 0 Å². The third kappa shape index (κ3) is 3.60. The predicted octanol–water partition coefficient (Wildman–Crippen LogP) is 2.05. The van der Waals surface area contributed by atoms with Crippen molar-refractivity contribution in [3.05, 3.63) is 28.2 Å². The van der Waals surface area contributed by atoms with Crippen molar-refractivity contribution in [3.8, 4) is 5.75 Å². The van der Waals surface area contributed by atoms with Crippen LogP contribution in [0.25, 0.3) is 0 Å². The number of hydrogen-bond donors (Lipinski definition) is 1. The van der Waals surface area contributed by atoms with Gasteiger partial charge in [-0.3, -0.25) is 14.6 Å². The molecule has 2 amide bonds. The van der Waals surface area contributed by atoms with E-state index in [0.717, 1.165) is 28.7 Å². The number of benzene rings is 1. The molecule has 4 rings (SSSR count). The monoisotopic (exact) mass is 435 g/mol. The number of nitrogens with one attached hydrogen (secondary N) is 1. The van der Waals surface area contributed by atoms with E-state index in [9.17, 15) is 9.59 Å². The maximum absolute atomic E-state index is 12.6. The van der Waals surface area contributed by atoms with Crippen molar-refractivity contribution in [2.24, 2.45) is 10.9 Å². The Kier molecular flexibility index (Phi) is 5.19. The van der Waals surface area contributed by atoms with Crippen LogP contribution in [0.15, 0.2) is 27.7 Å². The molecule has 0 bridgehead atoms. The van der Waals surface area contributed by atoms with Gasteiger partial charge >= 0.3 is 0 Å². The normalized spacial score (nSPS) is 24.6. The molecule has 1 aromatic carbocycles. The van der Waals surface area contributed by atoms with Gasteiger partial charge < -0.3 is 19.7 Å². The van der Waals surface area contributed by atoms with Crippen LogP contribution in [0.3, 0.4) is 0 Å². The van der Waals surface area contributed by atoms with E-state index < -0.39 is 6.10 Å². The molecule has 1 fully saturated rings. The maximum atomic E-state index is 12.6. The van der Waals surface area contributed by atoms with E-state index in [-0.39, 0.29) is 23.8 Å². The van der Waals surface area contributed by atoms with Gasteiger partial charge in [0.1, 0.15) is 17.6 Å². The summed E-state index contributed by atoms with van der Waals surface area (Å²) in [6, 6.07) is 5.43. The molecule has 3 heterocycles. The van der Waals surface area contributed by atoms with Crippen LogP contribution in [0.1, 0.15) is 30.9 Å². The third-order valence-corrected chi connectivity index (χ3v) is 5.87. The number of piperidine rings is 1. The van der Waals surface area contributed by atoms with E-state index in [1.54, 1.807) is 7.11 Å². The van der Waals surface area contributed by atoms with E-state index in [1.807, 2.05) is 23.1 Å². The van der Waals surface area contributed by atoms with Crippen LogP contribution in [0.5, 0.6) is 5.75 Å². The Bertz CT molecular complexity index is 789. The lowest BCUT2D eigenvalue weighted by atomic mass is 9.92. The van der Waals surface area contributed by atoms with Crippen molar-refractivity contribution in [1.82, 2.24) is 10.2 Å². The second kappa shape index (κ2) is 7.59. The second-order valence-corrected chi connectivity index (χ2v) is 7.98. The van der Waals surface area contributed by atoms with Crippen molar-refractivity contribution in [3.63, 3.8) is 0 Å². The lowest BCUT2D eigenvalue weighted by molar-refractivity contribution is -0.133. The van der Waals surface area contributed by atoms with E-state index in [1.165, 1.54) is 0 Å². The molecule has 1 N–H and O–H groups in total. The molecule has 0 aromatic heterocycles. The minimum atomic E-state index is -0.603. The molecule has 0 spiro atoms. The highest BCUT2D eigenvalue weighted by Gasteiger charge is 2.44. The molecule has 7 nitrogen and oxygen atoms in total. The van der Waals surface area contributed by atoms with Crippen LogP contribution in [0.2, 0.25) is 0 Å². The first-order chi connectivity index (χ1) is 13.1. The van der Waals surface area contributed by atoms with Gasteiger partial charge in [-0.05, 0) is 31.0 Å². The van der Waals surface area contributed by atoms with E-state index in [0.29, 0.717) is 31.9 Å². The molecular formula is C19H22BrN3O4. The molecule has 144 valence electrons. The molecule has 2 unspecified atom stereocenters. The zero-order chi connectivity index (χ0) is 19.0. The second-order valence-electron chi connectivity index (χ2n) is 7.07. The van der Waals surface area contributed by atoms with Gasteiger partial charge in [-0.1, -0.05) is 15.9 Å². The number of rotatable bonds is 4. The minimum absolute atomic E-state index is 0.118. The number of carbonyl (C=O) groups is 2. The SMILES string of the molecule is COCCC(=O)N1CCC(C2=NC3c4cc(Br)ccc4OC3C(=O)N2)CC1. The number of amides is 2. The number of fused-ring (bicyclic) bond motifs is 3. The summed E-state index contributed by atoms with van der Waals surface area (Å²) in [7, 11) is 1.60. The maximum Gasteiger partial charge on any atom is 0.268 e. The first-order valence-corrected chi connectivity index (χ1v) is 9.97. The van der Waals surface area contributed by atoms with Gasteiger partial charge in [0, 0.05) is 36.2 Å². The summed E-state index contributed by atoms with van der Waals surface area (Å²) in [5.74, 6) is 1.56. The summed E-state index contributed by atoms with van der Waals surface area (Å²) in [6.45, 7) is 1.79. The van der Waals surface area contributed by atoms with Crippen LogP contribution in [-0.4, -0.2) is 55.5 Å². The summed E-state index contributed by atoms with van der Waals surface area (Å²) in [5.41, 5.74) is 0.939. The largest absolute Gasteiger partial charge is 0.478 e. The van der Waals surface area contributed by atoms with Crippen molar-refractivity contribution in [1.29, 1.82) is 0 Å². The average molecular weight is 436 g/mol. The zero-order valence-electron chi connectivity index (χ0n) is 15.1. The minimum Gasteiger partial charge on any atom is -0.478 e. The van der Waals surface area contributed by atoms with Crippen LogP contribution >= 0.6 is 15.9 Å². The Morgan fingerprint density at radius 2 is 2.19 bits per heavy atom. The number of nitrogens with zero attached hydrogens (tertiary/aromatic N) is 2. The number of carbonyl (C=O) groups excluding carboxylic acids is 2. The number of amidine groups is 1. The molecule has 27 heavy (non-hydrogen) atoms. The number of ether oxygens (including phenoxy) is 2. The predicted molar refractivity (Wildman–Crippen MR) is 103 cm³/mol. The van der Waals surface area contributed by atoms with Gasteiger partial charge in [0.05, 0.1) is 13.0 Å². The van der Waals surface area contributed by atoms with Crippen LogP contribution < -0.4 is 10.1 Å². The Morgan fingerprint density at radius 1 is 1.41 bits per heavy atom. The topological polar surface area (TPSA) is 80.2 Å². The number of methoxy groups -OCH3 is 1. The quantitative estimate of drug-likeness (QED) is 0.784. The molecule has 0 saturated carbocycles. The smallest absolute Gasteiger partial charge is 0.268 e. The lowest BCUT2D eigenvalue weighted by Crippen LogP contribution is -2.51. The average Bonchev–Trinajstić information content (AvgIpc) is 3.05. The number of hydrogen-bond acceptors (Lipinski definition) is 5. The summed E-state index contributed by atoms with van der Waals surface area (Å²) < 4.78 is 11.7. The summed E-state index contributed by atoms with van der Waals surface area (Å²) in [4.78, 5) is 31.4. The molecule has 8 heteroatoms. The Morgan fingerprint density at radius 3 is 2.93 bits per heavy atom. The Balaban J connectivity index is 1.47. The van der Waals surface area contributed by atoms with Gasteiger partial charge in [0.25, 0.3) is 5.91 Å². The fourth-order valence-corrected chi connectivity index (χ4v) is 4.27. The summed E-state index contributed by atoms with van der Waals surface area (Å²) >= 11 is 3.48. The zero-order valence-corrected chi connectivity index (χ0v) is 16.7. The highest BCUT2D eigenvalue weighted by atomic mass is 79.9. The fourth-order valence-electron chi connectivity index (χ4n) is 3.89. The third-order valence-electron chi connectivity index (χ3n) is 5.37. The molecule has 1 aromatic rings. The van der Waals surface area contributed by atoms with Crippen molar-refractivity contribution in [2.45, 2.75) is 31.4 Å². The van der Waals surface area contributed by atoms with Gasteiger partial charge in [-0.25, -0.2) is 0 Å². The summed E-state index contributed by atoms with van der Waals surface area (Å²) in [6.07, 6.45) is 1.39. The van der Waals surface area contributed by atoms with E-state index in [4.69, 9.17) is 14.5 Å². The fraction of sp³-hybridized carbons (Fsp3) is 0.526. The van der Waals surface area contributed by atoms with Crippen molar-refractivity contribution in [2.75, 3.05) is 26.8 Å². The van der Waals surface area contributed by atoms with Gasteiger partial charge in [-0.15, -0.1) is 0 Å². The molecule has 3 aliphatic heterocycles. The highest BCUT2D eigenvalue weighted by Crippen LogP contribution is 2.42. The highest BCUT2D eigenvalue weighted by molar-refractivity contribution is 9.10. The van der Waals surface area contributed by atoms with Crippen LogP contribution in [-0.2, 0) is 14.3 Å². The van der Waals surface area contributed by atoms with E-state index >= 15 is 0 Å².